The molecule has 0 aliphatic heterocycles. The second kappa shape index (κ2) is 7.65. The lowest BCUT2D eigenvalue weighted by atomic mass is 10.2. The number of para-hydroxylation sites is 1. The normalized spacial score (nSPS) is 11.2. The zero-order chi connectivity index (χ0) is 19.6. The van der Waals surface area contributed by atoms with Gasteiger partial charge in [0.25, 0.3) is 5.56 Å². The van der Waals surface area contributed by atoms with Crippen molar-refractivity contribution in [2.24, 2.45) is 5.10 Å². The number of ether oxygens (including phenoxy) is 1. The summed E-state index contributed by atoms with van der Waals surface area (Å²) in [6.07, 6.45) is 1.23. The predicted molar refractivity (Wildman–Crippen MR) is 101 cm³/mol. The summed E-state index contributed by atoms with van der Waals surface area (Å²) in [6.45, 7) is -0.602. The number of H-pyrrole nitrogens is 1. The number of hydrogen-bond acceptors (Lipinski definition) is 5. The molecule has 10 heteroatoms. The number of hydrogen-bond donors (Lipinski definition) is 2. The van der Waals surface area contributed by atoms with Crippen LogP contribution >= 0.6 is 23.2 Å². The first kappa shape index (κ1) is 18.7. The SMILES string of the molecule is O=C(O)COc1c(Cl)cc(C=Nn2c(=O)[nH]c3ccccc3c2=O)cc1Cl. The fourth-order valence-electron chi connectivity index (χ4n) is 2.31. The number of aromatic nitrogens is 2. The molecule has 0 spiro atoms. The molecular formula is C17H11Cl2N3O5. The van der Waals surface area contributed by atoms with E-state index in [4.69, 9.17) is 33.0 Å². The Kier molecular flexibility index (Phi) is 5.29. The van der Waals surface area contributed by atoms with Crippen molar-refractivity contribution in [3.8, 4) is 5.75 Å². The lowest BCUT2D eigenvalue weighted by Crippen LogP contribution is -2.32. The van der Waals surface area contributed by atoms with Gasteiger partial charge in [-0.05, 0) is 29.8 Å². The molecule has 27 heavy (non-hydrogen) atoms. The van der Waals surface area contributed by atoms with Crippen LogP contribution in [-0.4, -0.2) is 33.6 Å². The first-order valence-electron chi connectivity index (χ1n) is 7.49. The predicted octanol–water partition coefficient (Wildman–Crippen LogP) is 2.34. The van der Waals surface area contributed by atoms with E-state index in [2.05, 4.69) is 10.1 Å². The molecule has 2 N–H and O–H groups in total. The fraction of sp³-hybridized carbons (Fsp3) is 0.0588. The van der Waals surface area contributed by atoms with Gasteiger partial charge in [-0.2, -0.15) is 5.10 Å². The third-order valence-electron chi connectivity index (χ3n) is 3.47. The van der Waals surface area contributed by atoms with Gasteiger partial charge in [0.15, 0.2) is 12.4 Å². The van der Waals surface area contributed by atoms with E-state index < -0.39 is 23.8 Å². The average molecular weight is 408 g/mol. The van der Waals surface area contributed by atoms with Gasteiger partial charge in [-0.1, -0.05) is 35.3 Å². The van der Waals surface area contributed by atoms with Gasteiger partial charge in [0, 0.05) is 0 Å². The zero-order valence-corrected chi connectivity index (χ0v) is 15.0. The number of aliphatic carboxylic acids is 1. The van der Waals surface area contributed by atoms with Crippen molar-refractivity contribution in [2.45, 2.75) is 0 Å². The van der Waals surface area contributed by atoms with Gasteiger partial charge in [0.1, 0.15) is 0 Å². The van der Waals surface area contributed by atoms with Crippen LogP contribution < -0.4 is 16.0 Å². The maximum absolute atomic E-state index is 12.4. The summed E-state index contributed by atoms with van der Waals surface area (Å²) >= 11 is 12.1. The number of rotatable bonds is 5. The summed E-state index contributed by atoms with van der Waals surface area (Å²) in [6, 6.07) is 9.38. The summed E-state index contributed by atoms with van der Waals surface area (Å²) in [7, 11) is 0. The first-order chi connectivity index (χ1) is 12.9. The van der Waals surface area contributed by atoms with Crippen LogP contribution in [0.15, 0.2) is 51.1 Å². The van der Waals surface area contributed by atoms with Gasteiger partial charge in [-0.15, -0.1) is 4.68 Å². The standard InChI is InChI=1S/C17H11Cl2N3O5/c18-11-5-9(6-12(19)15(11)27-8-14(23)24)7-20-22-16(25)10-3-1-2-4-13(10)21-17(22)26/h1-7H,8H2,(H,21,26)(H,23,24). The molecule has 8 nitrogen and oxygen atoms in total. The monoisotopic (exact) mass is 407 g/mol. The zero-order valence-electron chi connectivity index (χ0n) is 13.5. The Morgan fingerprint density at radius 1 is 1.22 bits per heavy atom. The summed E-state index contributed by atoms with van der Waals surface area (Å²) in [5.41, 5.74) is -0.491. The van der Waals surface area contributed by atoms with Crippen LogP contribution in [0.4, 0.5) is 0 Å². The number of nitrogens with zero attached hydrogens (tertiary/aromatic N) is 2. The van der Waals surface area contributed by atoms with E-state index in [1.807, 2.05) is 0 Å². The highest BCUT2D eigenvalue weighted by Gasteiger charge is 2.11. The minimum Gasteiger partial charge on any atom is -0.479 e. The maximum Gasteiger partial charge on any atom is 0.349 e. The largest absolute Gasteiger partial charge is 0.479 e. The third-order valence-corrected chi connectivity index (χ3v) is 4.03. The van der Waals surface area contributed by atoms with E-state index in [9.17, 15) is 14.4 Å². The molecule has 0 bridgehead atoms. The molecule has 0 fully saturated rings. The Hall–Kier alpha value is -3.10. The summed E-state index contributed by atoms with van der Waals surface area (Å²) < 4.78 is 5.69. The Morgan fingerprint density at radius 3 is 2.56 bits per heavy atom. The Morgan fingerprint density at radius 2 is 1.89 bits per heavy atom. The summed E-state index contributed by atoms with van der Waals surface area (Å²) in [5, 5.41) is 13.0. The quantitative estimate of drug-likeness (QED) is 0.630. The lowest BCUT2D eigenvalue weighted by molar-refractivity contribution is -0.139. The highest BCUT2D eigenvalue weighted by atomic mass is 35.5. The van der Waals surface area contributed by atoms with E-state index in [0.29, 0.717) is 21.1 Å². The van der Waals surface area contributed by atoms with Crippen molar-refractivity contribution in [1.82, 2.24) is 9.66 Å². The molecule has 0 aliphatic carbocycles. The van der Waals surface area contributed by atoms with Crippen molar-refractivity contribution in [3.63, 3.8) is 0 Å². The van der Waals surface area contributed by atoms with Crippen LogP contribution in [0, 0.1) is 0 Å². The van der Waals surface area contributed by atoms with E-state index >= 15 is 0 Å². The Labute approximate surface area is 161 Å². The molecule has 0 unspecified atom stereocenters. The topological polar surface area (TPSA) is 114 Å². The van der Waals surface area contributed by atoms with E-state index in [1.165, 1.54) is 18.3 Å². The van der Waals surface area contributed by atoms with Crippen LogP contribution in [0.1, 0.15) is 5.56 Å². The number of carboxylic acids is 1. The second-order valence-electron chi connectivity index (χ2n) is 5.33. The number of carboxylic acid groups (broad SMARTS) is 1. The highest BCUT2D eigenvalue weighted by molar-refractivity contribution is 6.37. The second-order valence-corrected chi connectivity index (χ2v) is 6.15. The fourth-order valence-corrected chi connectivity index (χ4v) is 2.92. The van der Waals surface area contributed by atoms with Gasteiger partial charge in [-0.25, -0.2) is 9.59 Å². The number of aromatic amines is 1. The first-order valence-corrected chi connectivity index (χ1v) is 8.24. The molecule has 138 valence electrons. The molecule has 0 saturated heterocycles. The van der Waals surface area contributed by atoms with Crippen LogP contribution in [0.2, 0.25) is 10.0 Å². The van der Waals surface area contributed by atoms with E-state index in [0.717, 1.165) is 0 Å². The maximum atomic E-state index is 12.4. The van der Waals surface area contributed by atoms with E-state index in [1.54, 1.807) is 24.3 Å². The smallest absolute Gasteiger partial charge is 0.349 e. The molecule has 0 atom stereocenters. The molecule has 1 heterocycles. The van der Waals surface area contributed by atoms with Crippen LogP contribution in [0.3, 0.4) is 0 Å². The number of fused-ring (bicyclic) bond motifs is 1. The van der Waals surface area contributed by atoms with Gasteiger partial charge < -0.3 is 14.8 Å². The molecule has 0 saturated carbocycles. The number of carbonyl (C=O) groups is 1. The number of halogens is 2. The highest BCUT2D eigenvalue weighted by Crippen LogP contribution is 2.33. The molecule has 1 aromatic heterocycles. The van der Waals surface area contributed by atoms with Crippen molar-refractivity contribution in [1.29, 1.82) is 0 Å². The van der Waals surface area contributed by atoms with Gasteiger partial charge >= 0.3 is 11.7 Å². The van der Waals surface area contributed by atoms with Gasteiger partial charge in [-0.3, -0.25) is 4.79 Å². The average Bonchev–Trinajstić information content (AvgIpc) is 2.60. The number of nitrogens with one attached hydrogen (secondary N) is 1. The van der Waals surface area contributed by atoms with Crippen LogP contribution in [0.25, 0.3) is 10.9 Å². The van der Waals surface area contributed by atoms with Crippen molar-refractivity contribution >= 4 is 46.3 Å². The molecule has 3 aromatic rings. The van der Waals surface area contributed by atoms with Crippen LogP contribution in [0.5, 0.6) is 5.75 Å². The van der Waals surface area contributed by atoms with Crippen molar-refractivity contribution in [3.05, 3.63) is 72.8 Å². The summed E-state index contributed by atoms with van der Waals surface area (Å²) in [4.78, 5) is 37.6. The Bertz CT molecular complexity index is 1160. The molecular weight excluding hydrogens is 397 g/mol. The van der Waals surface area contributed by atoms with Gasteiger partial charge in [0.05, 0.1) is 27.2 Å². The molecule has 0 aliphatic rings. The molecule has 0 amide bonds. The van der Waals surface area contributed by atoms with Crippen LogP contribution in [-0.2, 0) is 4.79 Å². The third kappa shape index (κ3) is 4.02. The number of benzene rings is 2. The summed E-state index contributed by atoms with van der Waals surface area (Å²) in [5.74, 6) is -1.17. The van der Waals surface area contributed by atoms with Gasteiger partial charge in [0.2, 0.25) is 0 Å². The van der Waals surface area contributed by atoms with E-state index in [-0.39, 0.29) is 15.8 Å². The lowest BCUT2D eigenvalue weighted by Gasteiger charge is -2.08. The Balaban J connectivity index is 1.97. The van der Waals surface area contributed by atoms with Crippen molar-refractivity contribution in [2.75, 3.05) is 6.61 Å². The minimum absolute atomic E-state index is 0.0126. The molecule has 2 aromatic carbocycles. The molecule has 3 rings (SSSR count). The molecule has 0 radical (unpaired) electrons. The minimum atomic E-state index is -1.18. The van der Waals surface area contributed by atoms with Crippen molar-refractivity contribution < 1.29 is 14.6 Å².